The smallest absolute Gasteiger partial charge is 0.254 e. The van der Waals surface area contributed by atoms with E-state index in [9.17, 15) is 14.4 Å². The number of piperazine rings is 1. The minimum Gasteiger partial charge on any atom is -0.353 e. The molecule has 2 rings (SSSR count). The molecule has 1 aromatic carbocycles. The van der Waals surface area contributed by atoms with Gasteiger partial charge in [-0.25, -0.2) is 0 Å². The lowest BCUT2D eigenvalue weighted by molar-refractivity contribution is -0.123. The quantitative estimate of drug-likeness (QED) is 0.658. The van der Waals surface area contributed by atoms with Crippen molar-refractivity contribution in [2.45, 2.75) is 13.0 Å². The van der Waals surface area contributed by atoms with E-state index in [1.54, 1.807) is 19.2 Å². The van der Waals surface area contributed by atoms with E-state index in [0.717, 1.165) is 5.56 Å². The Morgan fingerprint density at radius 2 is 2.00 bits per heavy atom. The number of rotatable bonds is 6. The summed E-state index contributed by atoms with van der Waals surface area (Å²) in [5.41, 5.74) is 1.47. The lowest BCUT2D eigenvalue weighted by atomic mass is 10.1. The van der Waals surface area contributed by atoms with Crippen molar-refractivity contribution in [1.29, 1.82) is 0 Å². The Kier molecular flexibility index (Phi) is 6.10. The van der Waals surface area contributed by atoms with Gasteiger partial charge in [0, 0.05) is 38.2 Å². The summed E-state index contributed by atoms with van der Waals surface area (Å²) in [5.74, 6) is -0.297. The van der Waals surface area contributed by atoms with Crippen LogP contribution in [0, 0.1) is 0 Å². The standard InChI is InChI=1S/C16H22N4O3/c1-17-7-6-14(21)19-10-12-2-4-13(5-3-12)16(23)20-9-8-18-15(22)11-20/h2-5,17H,6-11H2,1H3,(H,18,22)(H,19,21). The first-order valence-corrected chi connectivity index (χ1v) is 7.66. The molecule has 0 saturated carbocycles. The largest absolute Gasteiger partial charge is 0.353 e. The maximum absolute atomic E-state index is 12.3. The van der Waals surface area contributed by atoms with Gasteiger partial charge in [0.2, 0.25) is 11.8 Å². The third-order valence-corrected chi connectivity index (χ3v) is 3.62. The number of nitrogens with zero attached hydrogens (tertiary/aromatic N) is 1. The second-order valence-corrected chi connectivity index (χ2v) is 5.40. The van der Waals surface area contributed by atoms with Gasteiger partial charge in [0.15, 0.2) is 0 Å². The summed E-state index contributed by atoms with van der Waals surface area (Å²) in [7, 11) is 1.80. The molecule has 1 aromatic rings. The van der Waals surface area contributed by atoms with Crippen LogP contribution >= 0.6 is 0 Å². The maximum atomic E-state index is 12.3. The number of carbonyl (C=O) groups is 3. The fourth-order valence-electron chi connectivity index (χ4n) is 2.29. The average Bonchev–Trinajstić information content (AvgIpc) is 2.58. The molecule has 1 heterocycles. The van der Waals surface area contributed by atoms with Crippen molar-refractivity contribution in [3.05, 3.63) is 35.4 Å². The van der Waals surface area contributed by atoms with Crippen LogP contribution in [0.2, 0.25) is 0 Å². The van der Waals surface area contributed by atoms with Crippen LogP contribution in [0.3, 0.4) is 0 Å². The Bertz CT molecular complexity index is 571. The van der Waals surface area contributed by atoms with E-state index in [-0.39, 0.29) is 24.3 Å². The molecule has 1 aliphatic heterocycles. The molecule has 0 atom stereocenters. The minimum atomic E-state index is -0.149. The molecule has 0 aliphatic carbocycles. The van der Waals surface area contributed by atoms with Gasteiger partial charge in [0.05, 0.1) is 6.54 Å². The summed E-state index contributed by atoms with van der Waals surface area (Å²) in [6.45, 7) is 2.18. The van der Waals surface area contributed by atoms with Crippen molar-refractivity contribution in [3.8, 4) is 0 Å². The predicted molar refractivity (Wildman–Crippen MR) is 85.7 cm³/mol. The number of nitrogens with one attached hydrogen (secondary N) is 3. The minimum absolute atomic E-state index is 0.0150. The van der Waals surface area contributed by atoms with Gasteiger partial charge in [-0.3, -0.25) is 14.4 Å². The van der Waals surface area contributed by atoms with Crippen LogP contribution in [0.25, 0.3) is 0 Å². The molecular formula is C16H22N4O3. The van der Waals surface area contributed by atoms with E-state index in [1.165, 1.54) is 4.90 Å². The second-order valence-electron chi connectivity index (χ2n) is 5.40. The predicted octanol–water partition coefficient (Wildman–Crippen LogP) is -0.516. The third kappa shape index (κ3) is 5.07. The van der Waals surface area contributed by atoms with Crippen molar-refractivity contribution in [1.82, 2.24) is 20.9 Å². The van der Waals surface area contributed by atoms with Gasteiger partial charge in [0.25, 0.3) is 5.91 Å². The number of carbonyl (C=O) groups excluding carboxylic acids is 3. The van der Waals surface area contributed by atoms with Crippen LogP contribution in [0.4, 0.5) is 0 Å². The monoisotopic (exact) mass is 318 g/mol. The Balaban J connectivity index is 1.87. The van der Waals surface area contributed by atoms with Gasteiger partial charge in [-0.15, -0.1) is 0 Å². The Hall–Kier alpha value is -2.41. The number of benzene rings is 1. The molecule has 0 radical (unpaired) electrons. The van der Waals surface area contributed by atoms with Crippen LogP contribution < -0.4 is 16.0 Å². The molecule has 7 heteroatoms. The first-order chi connectivity index (χ1) is 11.1. The molecule has 0 aromatic heterocycles. The molecular weight excluding hydrogens is 296 g/mol. The zero-order valence-corrected chi connectivity index (χ0v) is 13.2. The molecule has 3 N–H and O–H groups in total. The number of hydrogen-bond acceptors (Lipinski definition) is 4. The topological polar surface area (TPSA) is 90.5 Å². The van der Waals surface area contributed by atoms with E-state index in [1.807, 2.05) is 12.1 Å². The number of hydrogen-bond donors (Lipinski definition) is 3. The van der Waals surface area contributed by atoms with Crippen molar-refractivity contribution in [2.75, 3.05) is 33.2 Å². The number of amides is 3. The molecule has 1 fully saturated rings. The van der Waals surface area contributed by atoms with Crippen molar-refractivity contribution < 1.29 is 14.4 Å². The highest BCUT2D eigenvalue weighted by molar-refractivity contribution is 5.97. The normalized spacial score (nSPS) is 14.3. The first-order valence-electron chi connectivity index (χ1n) is 7.66. The van der Waals surface area contributed by atoms with Gasteiger partial charge < -0.3 is 20.9 Å². The van der Waals surface area contributed by atoms with Gasteiger partial charge in [-0.05, 0) is 24.7 Å². The summed E-state index contributed by atoms with van der Waals surface area (Å²) >= 11 is 0. The Morgan fingerprint density at radius 3 is 2.65 bits per heavy atom. The Labute approximate surface area is 135 Å². The van der Waals surface area contributed by atoms with Gasteiger partial charge in [0.1, 0.15) is 0 Å². The lowest BCUT2D eigenvalue weighted by Gasteiger charge is -2.26. The SMILES string of the molecule is CNCCC(=O)NCc1ccc(C(=O)N2CCNC(=O)C2)cc1. The summed E-state index contributed by atoms with van der Waals surface area (Å²) in [5, 5.41) is 8.44. The van der Waals surface area contributed by atoms with Crippen molar-refractivity contribution in [3.63, 3.8) is 0 Å². The average molecular weight is 318 g/mol. The van der Waals surface area contributed by atoms with E-state index in [4.69, 9.17) is 0 Å². The molecule has 0 bridgehead atoms. The lowest BCUT2D eigenvalue weighted by Crippen LogP contribution is -2.49. The van der Waals surface area contributed by atoms with Crippen LogP contribution in [-0.4, -0.2) is 55.8 Å². The molecule has 0 unspecified atom stereocenters. The summed E-state index contributed by atoms with van der Waals surface area (Å²) in [4.78, 5) is 36.7. The molecule has 1 saturated heterocycles. The zero-order valence-electron chi connectivity index (χ0n) is 13.2. The molecule has 7 nitrogen and oxygen atoms in total. The first kappa shape index (κ1) is 17.0. The third-order valence-electron chi connectivity index (χ3n) is 3.62. The van der Waals surface area contributed by atoms with Gasteiger partial charge in [-0.2, -0.15) is 0 Å². The maximum Gasteiger partial charge on any atom is 0.254 e. The molecule has 3 amide bonds. The van der Waals surface area contributed by atoms with Crippen LogP contribution in [-0.2, 0) is 16.1 Å². The fourth-order valence-corrected chi connectivity index (χ4v) is 2.29. The zero-order chi connectivity index (χ0) is 16.7. The van der Waals surface area contributed by atoms with E-state index < -0.39 is 0 Å². The molecule has 0 spiro atoms. The highest BCUT2D eigenvalue weighted by atomic mass is 16.2. The summed E-state index contributed by atoms with van der Waals surface area (Å²) in [6, 6.07) is 7.08. The van der Waals surface area contributed by atoms with Gasteiger partial charge in [-0.1, -0.05) is 12.1 Å². The highest BCUT2D eigenvalue weighted by Gasteiger charge is 2.21. The molecule has 1 aliphatic rings. The summed E-state index contributed by atoms with van der Waals surface area (Å²) < 4.78 is 0. The van der Waals surface area contributed by atoms with Gasteiger partial charge >= 0.3 is 0 Å². The van der Waals surface area contributed by atoms with Crippen molar-refractivity contribution in [2.24, 2.45) is 0 Å². The van der Waals surface area contributed by atoms with Crippen molar-refractivity contribution >= 4 is 17.7 Å². The summed E-state index contributed by atoms with van der Waals surface area (Å²) in [6.07, 6.45) is 0.435. The highest BCUT2D eigenvalue weighted by Crippen LogP contribution is 2.09. The van der Waals surface area contributed by atoms with Crippen LogP contribution in [0.5, 0.6) is 0 Å². The molecule has 124 valence electrons. The Morgan fingerprint density at radius 1 is 1.26 bits per heavy atom. The van der Waals surface area contributed by atoms with E-state index in [2.05, 4.69) is 16.0 Å². The van der Waals surface area contributed by atoms with Crippen LogP contribution in [0.1, 0.15) is 22.3 Å². The van der Waals surface area contributed by atoms with E-state index >= 15 is 0 Å². The van der Waals surface area contributed by atoms with E-state index in [0.29, 0.717) is 38.2 Å². The second kappa shape index (κ2) is 8.28. The fraction of sp³-hybridized carbons (Fsp3) is 0.438. The van der Waals surface area contributed by atoms with Crippen LogP contribution in [0.15, 0.2) is 24.3 Å². The molecule has 23 heavy (non-hydrogen) atoms.